The number of halogens is 1. The van der Waals surface area contributed by atoms with Crippen LogP contribution in [0.25, 0.3) is 11.0 Å². The predicted molar refractivity (Wildman–Crippen MR) is 158 cm³/mol. The highest BCUT2D eigenvalue weighted by Gasteiger charge is 2.38. The van der Waals surface area contributed by atoms with E-state index in [1.165, 1.54) is 19.2 Å². The van der Waals surface area contributed by atoms with E-state index in [0.717, 1.165) is 29.9 Å². The van der Waals surface area contributed by atoms with Gasteiger partial charge in [0.05, 0.1) is 59.7 Å². The Morgan fingerprint density at radius 2 is 2.00 bits per heavy atom. The van der Waals surface area contributed by atoms with Crippen LogP contribution in [0.15, 0.2) is 54.6 Å². The maximum Gasteiger partial charge on any atom is 0.337 e. The fourth-order valence-corrected chi connectivity index (χ4v) is 5.87. The van der Waals surface area contributed by atoms with Gasteiger partial charge in [-0.2, -0.15) is 5.26 Å². The molecule has 6 rings (SSSR count). The largest absolute Gasteiger partial charge is 0.473 e. The van der Waals surface area contributed by atoms with Crippen LogP contribution < -0.4 is 4.74 Å². The fourth-order valence-electron chi connectivity index (χ4n) is 5.87. The van der Waals surface area contributed by atoms with Crippen LogP contribution in [0.4, 0.5) is 4.39 Å². The molecule has 4 heterocycles. The highest BCUT2D eigenvalue weighted by atomic mass is 19.1. The van der Waals surface area contributed by atoms with Crippen LogP contribution in [0.3, 0.4) is 0 Å². The van der Waals surface area contributed by atoms with Crippen LogP contribution in [0, 0.1) is 17.1 Å². The minimum absolute atomic E-state index is 0.0499. The highest BCUT2D eigenvalue weighted by molar-refractivity contribution is 5.93. The number of aliphatic hydroxyl groups is 1. The second kappa shape index (κ2) is 12.3. The molecular weight excluding hydrogens is 565 g/mol. The molecule has 228 valence electrons. The quantitative estimate of drug-likeness (QED) is 0.274. The number of piperidine rings is 1. The van der Waals surface area contributed by atoms with Crippen LogP contribution in [-0.2, 0) is 28.2 Å². The van der Waals surface area contributed by atoms with E-state index in [-0.39, 0.29) is 30.2 Å². The van der Waals surface area contributed by atoms with Crippen LogP contribution in [-0.4, -0.2) is 63.4 Å². The lowest BCUT2D eigenvalue weighted by Gasteiger charge is -2.40. The zero-order chi connectivity index (χ0) is 30.8. The van der Waals surface area contributed by atoms with E-state index in [2.05, 4.69) is 21.4 Å². The number of hydrogen-bond acceptors (Lipinski definition) is 9. The average molecular weight is 600 g/mol. The molecule has 0 saturated carbocycles. The number of imidazole rings is 1. The third-order valence-electron chi connectivity index (χ3n) is 8.68. The first-order valence-corrected chi connectivity index (χ1v) is 14.7. The molecule has 44 heavy (non-hydrogen) atoms. The van der Waals surface area contributed by atoms with Crippen molar-refractivity contribution in [3.8, 4) is 11.9 Å². The molecule has 2 aliphatic rings. The number of carbonyl (C=O) groups excluding carboxylic acids is 1. The van der Waals surface area contributed by atoms with Crippen molar-refractivity contribution in [3.63, 3.8) is 0 Å². The third-order valence-corrected chi connectivity index (χ3v) is 8.68. The molecule has 10 nitrogen and oxygen atoms in total. The number of nitriles is 1. The number of pyridine rings is 1. The summed E-state index contributed by atoms with van der Waals surface area (Å²) in [6, 6.07) is 16.7. The van der Waals surface area contributed by atoms with Gasteiger partial charge in [0.2, 0.25) is 5.88 Å². The molecule has 2 aromatic carbocycles. The van der Waals surface area contributed by atoms with Crippen LogP contribution in [0.1, 0.15) is 65.2 Å². The van der Waals surface area contributed by atoms with Crippen LogP contribution >= 0.6 is 0 Å². The Kier molecular flexibility index (Phi) is 8.31. The number of benzene rings is 2. The van der Waals surface area contributed by atoms with E-state index in [0.29, 0.717) is 49.3 Å². The van der Waals surface area contributed by atoms with E-state index in [9.17, 15) is 14.3 Å². The third kappa shape index (κ3) is 5.88. The normalized spacial score (nSPS) is 18.8. The van der Waals surface area contributed by atoms with Crippen LogP contribution in [0.2, 0.25) is 0 Å². The smallest absolute Gasteiger partial charge is 0.337 e. The summed E-state index contributed by atoms with van der Waals surface area (Å²) in [5, 5.41) is 20.6. The topological polar surface area (TPSA) is 123 Å². The monoisotopic (exact) mass is 599 g/mol. The summed E-state index contributed by atoms with van der Waals surface area (Å²) >= 11 is 0. The maximum absolute atomic E-state index is 14.3. The second-order valence-electron chi connectivity index (χ2n) is 11.4. The molecular formula is C33H34FN5O5. The Labute approximate surface area is 254 Å². The van der Waals surface area contributed by atoms with Gasteiger partial charge in [-0.25, -0.2) is 19.2 Å². The molecule has 0 bridgehead atoms. The molecule has 1 unspecified atom stereocenters. The molecule has 2 saturated heterocycles. The molecule has 2 aromatic heterocycles. The van der Waals surface area contributed by atoms with Gasteiger partial charge in [-0.05, 0) is 62.6 Å². The molecule has 2 fully saturated rings. The summed E-state index contributed by atoms with van der Waals surface area (Å²) in [5.41, 5.74) is 2.05. The molecule has 11 heteroatoms. The van der Waals surface area contributed by atoms with Gasteiger partial charge in [-0.3, -0.25) is 4.90 Å². The molecule has 0 amide bonds. The number of likely N-dealkylation sites (tertiary alicyclic amines) is 1. The van der Waals surface area contributed by atoms with Gasteiger partial charge < -0.3 is 23.9 Å². The number of aromatic nitrogens is 3. The lowest BCUT2D eigenvalue weighted by Crippen LogP contribution is -2.44. The van der Waals surface area contributed by atoms with Gasteiger partial charge in [0.1, 0.15) is 23.8 Å². The Hall–Kier alpha value is -4.37. The Morgan fingerprint density at radius 3 is 2.68 bits per heavy atom. The minimum atomic E-state index is -1.15. The average Bonchev–Trinajstić information content (AvgIpc) is 3.39. The zero-order valence-electron chi connectivity index (χ0n) is 24.7. The summed E-state index contributed by atoms with van der Waals surface area (Å²) < 4.78 is 32.9. The van der Waals surface area contributed by atoms with Crippen LogP contribution in [0.5, 0.6) is 5.88 Å². The SMILES string of the molecule is COC(=O)c1ccc2nc(C(C)N3CCC(O)(c4cccc(OCc5ccc(C#N)cc5F)n4)CC3)n(C[C@@H]3CCO3)c2c1. The summed E-state index contributed by atoms with van der Waals surface area (Å²) in [4.78, 5) is 24.1. The highest BCUT2D eigenvalue weighted by Crippen LogP contribution is 2.36. The summed E-state index contributed by atoms with van der Waals surface area (Å²) in [7, 11) is 1.37. The first-order chi connectivity index (χ1) is 21.3. The van der Waals surface area contributed by atoms with E-state index >= 15 is 0 Å². The Bertz CT molecular complexity index is 1720. The van der Waals surface area contributed by atoms with E-state index in [1.807, 2.05) is 18.2 Å². The van der Waals surface area contributed by atoms with Crippen molar-refractivity contribution < 1.29 is 28.5 Å². The number of ether oxygens (including phenoxy) is 3. The first kappa shape index (κ1) is 29.7. The standard InChI is InChI=1S/C33H34FN5O5/c1-21(31-36-27-9-8-23(32(40)42-2)17-28(27)39(31)19-25-10-15-43-25)38-13-11-33(41,12-14-38)29-4-3-5-30(37-29)44-20-24-7-6-22(18-35)16-26(24)34/h3-9,16-17,21,25,41H,10-15,19-20H2,1-2H3/t21?,25-/m0/s1. The molecule has 0 aliphatic carbocycles. The number of hydrogen-bond donors (Lipinski definition) is 1. The molecule has 0 radical (unpaired) electrons. The summed E-state index contributed by atoms with van der Waals surface area (Å²) in [6.45, 7) is 4.66. The molecule has 2 aliphatic heterocycles. The predicted octanol–water partition coefficient (Wildman–Crippen LogP) is 4.64. The summed E-state index contributed by atoms with van der Waals surface area (Å²) in [5.74, 6) is 0.257. The Balaban J connectivity index is 1.16. The lowest BCUT2D eigenvalue weighted by atomic mass is 9.87. The fraction of sp³-hybridized carbons (Fsp3) is 0.394. The minimum Gasteiger partial charge on any atom is -0.473 e. The van der Waals surface area contributed by atoms with Gasteiger partial charge in [0, 0.05) is 31.3 Å². The van der Waals surface area contributed by atoms with Crippen molar-refractivity contribution >= 4 is 17.0 Å². The van der Waals surface area contributed by atoms with Crippen molar-refractivity contribution in [3.05, 3.63) is 88.6 Å². The number of esters is 1. The molecule has 4 aromatic rings. The van der Waals surface area contributed by atoms with Gasteiger partial charge in [-0.15, -0.1) is 0 Å². The van der Waals surface area contributed by atoms with E-state index in [1.54, 1.807) is 30.3 Å². The molecule has 2 atom stereocenters. The van der Waals surface area contributed by atoms with E-state index < -0.39 is 17.4 Å². The number of nitrogens with zero attached hydrogens (tertiary/aromatic N) is 5. The number of methoxy groups -OCH3 is 1. The van der Waals surface area contributed by atoms with Gasteiger partial charge >= 0.3 is 5.97 Å². The molecule has 1 N–H and O–H groups in total. The van der Waals surface area contributed by atoms with Gasteiger partial charge in [-0.1, -0.05) is 12.1 Å². The number of rotatable bonds is 9. The summed E-state index contributed by atoms with van der Waals surface area (Å²) in [6.07, 6.45) is 1.98. The van der Waals surface area contributed by atoms with Gasteiger partial charge in [0.15, 0.2) is 0 Å². The lowest BCUT2D eigenvalue weighted by molar-refractivity contribution is -0.0602. The van der Waals surface area contributed by atoms with Crippen molar-refractivity contribution in [2.75, 3.05) is 26.8 Å². The second-order valence-corrected chi connectivity index (χ2v) is 11.4. The van der Waals surface area contributed by atoms with Crippen molar-refractivity contribution in [1.29, 1.82) is 5.26 Å². The first-order valence-electron chi connectivity index (χ1n) is 14.7. The van der Waals surface area contributed by atoms with Gasteiger partial charge in [0.25, 0.3) is 0 Å². The number of fused-ring (bicyclic) bond motifs is 1. The Morgan fingerprint density at radius 1 is 1.20 bits per heavy atom. The van der Waals surface area contributed by atoms with Crippen molar-refractivity contribution in [2.24, 2.45) is 0 Å². The molecule has 0 spiro atoms. The van der Waals surface area contributed by atoms with E-state index in [4.69, 9.17) is 24.5 Å². The maximum atomic E-state index is 14.3. The number of carbonyl (C=O) groups is 1. The van der Waals surface area contributed by atoms with Crippen molar-refractivity contribution in [1.82, 2.24) is 19.4 Å². The van der Waals surface area contributed by atoms with Crippen molar-refractivity contribution in [2.45, 2.75) is 57.1 Å². The zero-order valence-corrected chi connectivity index (χ0v) is 24.7.